The maximum atomic E-state index is 13.5. The van der Waals surface area contributed by atoms with Gasteiger partial charge in [0.2, 0.25) is 0 Å². The zero-order valence-electron chi connectivity index (χ0n) is 18.0. The molecule has 0 saturated heterocycles. The van der Waals surface area contributed by atoms with Crippen molar-refractivity contribution in [3.05, 3.63) is 97.9 Å². The summed E-state index contributed by atoms with van der Waals surface area (Å²) >= 11 is 1.61. The van der Waals surface area contributed by atoms with Gasteiger partial charge in [0.15, 0.2) is 11.6 Å². The molecule has 6 rings (SSSR count). The van der Waals surface area contributed by atoms with Crippen LogP contribution in [0.4, 0.5) is 8.78 Å². The first kappa shape index (κ1) is 20.7. The number of benzene rings is 2. The van der Waals surface area contributed by atoms with Crippen LogP contribution in [0, 0.1) is 11.6 Å². The van der Waals surface area contributed by atoms with Crippen molar-refractivity contribution in [2.75, 3.05) is 0 Å². The number of nitrogens with zero attached hydrogens (tertiary/aromatic N) is 2. The molecule has 168 valence electrons. The molecule has 2 aliphatic carbocycles. The van der Waals surface area contributed by atoms with Crippen LogP contribution in [0.5, 0.6) is 0 Å². The second-order valence-corrected chi connectivity index (χ2v) is 10.1. The fraction of sp³-hybridized carbons (Fsp3) is 0.308. The van der Waals surface area contributed by atoms with Gasteiger partial charge in [0.25, 0.3) is 5.56 Å². The number of aromatic nitrogens is 2. The third-order valence-electron chi connectivity index (χ3n) is 7.00. The molecular formula is C26H23F2N3OS. The van der Waals surface area contributed by atoms with Gasteiger partial charge in [-0.2, -0.15) is 0 Å². The normalized spacial score (nSPS) is 17.9. The number of hydrogen-bond acceptors (Lipinski definition) is 4. The van der Waals surface area contributed by atoms with Gasteiger partial charge in [-0.05, 0) is 66.5 Å². The van der Waals surface area contributed by atoms with Crippen molar-refractivity contribution in [2.24, 2.45) is 0 Å². The molecular weight excluding hydrogens is 440 g/mol. The summed E-state index contributed by atoms with van der Waals surface area (Å²) in [7, 11) is 0. The second kappa shape index (κ2) is 8.15. The van der Waals surface area contributed by atoms with E-state index in [4.69, 9.17) is 0 Å². The van der Waals surface area contributed by atoms with Crippen LogP contribution in [0.1, 0.15) is 39.6 Å². The largest absolute Gasteiger partial charge is 0.310 e. The number of halogens is 2. The topological polar surface area (TPSA) is 46.9 Å². The van der Waals surface area contributed by atoms with E-state index in [0.717, 1.165) is 59.5 Å². The fourth-order valence-electron chi connectivity index (χ4n) is 5.26. The molecule has 7 heteroatoms. The van der Waals surface area contributed by atoms with Crippen molar-refractivity contribution < 1.29 is 8.78 Å². The molecule has 2 aromatic carbocycles. The Hall–Kier alpha value is -2.90. The monoisotopic (exact) mass is 463 g/mol. The van der Waals surface area contributed by atoms with E-state index in [1.165, 1.54) is 22.1 Å². The summed E-state index contributed by atoms with van der Waals surface area (Å²) in [6.07, 6.45) is 5.98. The van der Waals surface area contributed by atoms with Gasteiger partial charge in [-0.15, -0.1) is 11.3 Å². The first-order valence-electron chi connectivity index (χ1n) is 11.3. The van der Waals surface area contributed by atoms with Crippen LogP contribution >= 0.6 is 11.3 Å². The van der Waals surface area contributed by atoms with Gasteiger partial charge in [-0.3, -0.25) is 9.36 Å². The standard InChI is InChI=1S/C26H23F2N3OS/c27-21-8-5-15(9-22(21)28)13-29-18-6-7-20-23(12-18)33-25-24(20)26(32)31(14-30-25)19-10-16-3-1-2-4-17(16)11-19/h1-5,8-9,14,18-19,29H,6-7,10-13H2. The van der Waals surface area contributed by atoms with Gasteiger partial charge in [0, 0.05) is 23.5 Å². The molecule has 4 nitrogen and oxygen atoms in total. The van der Waals surface area contributed by atoms with Gasteiger partial charge in [-0.25, -0.2) is 13.8 Å². The highest BCUT2D eigenvalue weighted by Crippen LogP contribution is 2.35. The smallest absolute Gasteiger partial charge is 0.262 e. The molecule has 0 bridgehead atoms. The average molecular weight is 464 g/mol. The Labute approximate surface area is 193 Å². The Morgan fingerprint density at radius 2 is 1.85 bits per heavy atom. The average Bonchev–Trinajstić information content (AvgIpc) is 3.41. The lowest BCUT2D eigenvalue weighted by molar-refractivity contribution is 0.459. The summed E-state index contributed by atoms with van der Waals surface area (Å²) in [6.45, 7) is 0.482. The highest BCUT2D eigenvalue weighted by molar-refractivity contribution is 7.18. The predicted octanol–water partition coefficient (Wildman–Crippen LogP) is 4.72. The molecule has 1 unspecified atom stereocenters. The summed E-state index contributed by atoms with van der Waals surface area (Å²) in [4.78, 5) is 20.2. The zero-order chi connectivity index (χ0) is 22.5. The van der Waals surface area contributed by atoms with E-state index in [0.29, 0.717) is 6.54 Å². The van der Waals surface area contributed by atoms with Gasteiger partial charge in [0.05, 0.1) is 11.7 Å². The third kappa shape index (κ3) is 3.69. The molecule has 0 amide bonds. The first-order valence-corrected chi connectivity index (χ1v) is 12.1. The van der Waals surface area contributed by atoms with E-state index in [-0.39, 0.29) is 17.6 Å². The van der Waals surface area contributed by atoms with Crippen LogP contribution in [-0.4, -0.2) is 15.6 Å². The lowest BCUT2D eigenvalue weighted by atomic mass is 9.93. The Balaban J connectivity index is 1.23. The van der Waals surface area contributed by atoms with Gasteiger partial charge < -0.3 is 5.32 Å². The summed E-state index contributed by atoms with van der Waals surface area (Å²) in [5.74, 6) is -1.65. The number of rotatable bonds is 4. The number of thiophene rings is 1. The zero-order valence-corrected chi connectivity index (χ0v) is 18.8. The van der Waals surface area contributed by atoms with E-state index in [9.17, 15) is 13.6 Å². The maximum Gasteiger partial charge on any atom is 0.262 e. The highest BCUT2D eigenvalue weighted by Gasteiger charge is 2.28. The number of fused-ring (bicyclic) bond motifs is 4. The van der Waals surface area contributed by atoms with Crippen molar-refractivity contribution in [3.63, 3.8) is 0 Å². The number of nitrogens with one attached hydrogen (secondary N) is 1. The first-order chi connectivity index (χ1) is 16.1. The highest BCUT2D eigenvalue weighted by atomic mass is 32.1. The third-order valence-corrected chi connectivity index (χ3v) is 8.16. The molecule has 0 saturated carbocycles. The molecule has 0 aliphatic heterocycles. The molecule has 2 aliphatic rings. The van der Waals surface area contributed by atoms with E-state index in [2.05, 4.69) is 34.6 Å². The van der Waals surface area contributed by atoms with Crippen LogP contribution in [-0.2, 0) is 32.2 Å². The van der Waals surface area contributed by atoms with Crippen molar-refractivity contribution in [3.8, 4) is 0 Å². The molecule has 4 aromatic rings. The summed E-state index contributed by atoms with van der Waals surface area (Å²) < 4.78 is 28.5. The van der Waals surface area contributed by atoms with Crippen LogP contribution in [0.15, 0.2) is 53.6 Å². The SMILES string of the molecule is O=c1c2c3c(sc2ncn1C1Cc2ccccc2C1)CC(NCc1ccc(F)c(F)c1)CC3. The molecule has 0 spiro atoms. The molecule has 0 fully saturated rings. The number of hydrogen-bond donors (Lipinski definition) is 1. The van der Waals surface area contributed by atoms with Gasteiger partial charge >= 0.3 is 0 Å². The van der Waals surface area contributed by atoms with Gasteiger partial charge in [-0.1, -0.05) is 30.3 Å². The minimum absolute atomic E-state index is 0.0727. The molecule has 2 heterocycles. The quantitative estimate of drug-likeness (QED) is 0.476. The van der Waals surface area contributed by atoms with Crippen molar-refractivity contribution in [1.82, 2.24) is 14.9 Å². The minimum atomic E-state index is -0.828. The Bertz CT molecular complexity index is 1400. The van der Waals surface area contributed by atoms with Gasteiger partial charge in [0.1, 0.15) is 4.83 Å². The fourth-order valence-corrected chi connectivity index (χ4v) is 6.52. The summed E-state index contributed by atoms with van der Waals surface area (Å²) in [6, 6.07) is 12.8. The predicted molar refractivity (Wildman–Crippen MR) is 126 cm³/mol. The van der Waals surface area contributed by atoms with E-state index >= 15 is 0 Å². The second-order valence-electron chi connectivity index (χ2n) is 9.04. The van der Waals surface area contributed by atoms with Crippen LogP contribution in [0.25, 0.3) is 10.2 Å². The molecule has 1 N–H and O–H groups in total. The van der Waals surface area contributed by atoms with Crippen LogP contribution in [0.3, 0.4) is 0 Å². The van der Waals surface area contributed by atoms with E-state index < -0.39 is 11.6 Å². The van der Waals surface area contributed by atoms with Crippen molar-refractivity contribution in [1.29, 1.82) is 0 Å². The summed E-state index contributed by atoms with van der Waals surface area (Å²) in [5.41, 5.74) is 4.57. The number of aryl methyl sites for hydroxylation is 1. The summed E-state index contributed by atoms with van der Waals surface area (Å²) in [5, 5.41) is 4.25. The molecule has 33 heavy (non-hydrogen) atoms. The lowest BCUT2D eigenvalue weighted by Gasteiger charge is -2.23. The van der Waals surface area contributed by atoms with E-state index in [1.807, 2.05) is 4.57 Å². The molecule has 0 radical (unpaired) electrons. The Kier molecular flexibility index (Phi) is 5.11. The lowest BCUT2D eigenvalue weighted by Crippen LogP contribution is -2.34. The van der Waals surface area contributed by atoms with E-state index in [1.54, 1.807) is 23.7 Å². The minimum Gasteiger partial charge on any atom is -0.310 e. The molecule has 1 atom stereocenters. The Morgan fingerprint density at radius 1 is 1.06 bits per heavy atom. The van der Waals surface area contributed by atoms with Crippen molar-refractivity contribution >= 4 is 21.6 Å². The maximum absolute atomic E-state index is 13.5. The van der Waals surface area contributed by atoms with Crippen LogP contribution < -0.4 is 10.9 Å². The molecule has 2 aromatic heterocycles. The van der Waals surface area contributed by atoms with Crippen molar-refractivity contribution in [2.45, 2.75) is 50.7 Å². The Morgan fingerprint density at radius 3 is 2.61 bits per heavy atom. The van der Waals surface area contributed by atoms with Crippen LogP contribution in [0.2, 0.25) is 0 Å².